The van der Waals surface area contributed by atoms with Gasteiger partial charge in [0.05, 0.1) is 5.69 Å². The van der Waals surface area contributed by atoms with Crippen LogP contribution in [-0.4, -0.2) is 17.6 Å². The third kappa shape index (κ3) is 4.29. The van der Waals surface area contributed by atoms with Crippen molar-refractivity contribution in [3.8, 4) is 17.2 Å². The Morgan fingerprint density at radius 1 is 1.07 bits per heavy atom. The summed E-state index contributed by atoms with van der Waals surface area (Å²) in [6.07, 6.45) is 5.14. The van der Waals surface area contributed by atoms with E-state index in [-0.39, 0.29) is 12.6 Å². The Morgan fingerprint density at radius 2 is 1.86 bits per heavy atom. The van der Waals surface area contributed by atoms with Crippen LogP contribution in [0.3, 0.4) is 0 Å². The van der Waals surface area contributed by atoms with E-state index >= 15 is 0 Å². The molecule has 29 heavy (non-hydrogen) atoms. The Morgan fingerprint density at radius 3 is 2.62 bits per heavy atom. The smallest absolute Gasteiger partial charge is 0.231 e. The molecule has 2 aromatic carbocycles. The highest BCUT2D eigenvalue weighted by Crippen LogP contribution is 2.32. The van der Waals surface area contributed by atoms with E-state index in [1.54, 1.807) is 30.5 Å². The molecule has 146 valence electrons. The van der Waals surface area contributed by atoms with Gasteiger partial charge in [-0.3, -0.25) is 9.78 Å². The molecular formula is C24H21NO4. The fourth-order valence-electron chi connectivity index (χ4n) is 3.26. The standard InChI is InChI=1S/C24H21NO4/c1-16-11-18(12-17(2)24(16)27-14-20-5-3-4-10-25-20)6-8-21(26)19-7-9-22-23(13-19)29-15-28-22/h3-13H,14-15H2,1-2H3. The van der Waals surface area contributed by atoms with Gasteiger partial charge in [-0.1, -0.05) is 12.1 Å². The average molecular weight is 387 g/mol. The lowest BCUT2D eigenvalue weighted by Crippen LogP contribution is -2.01. The molecule has 1 aliphatic rings. The van der Waals surface area contributed by atoms with E-state index in [9.17, 15) is 4.79 Å². The molecule has 0 aliphatic carbocycles. The van der Waals surface area contributed by atoms with Crippen LogP contribution in [0.1, 0.15) is 32.7 Å². The highest BCUT2D eigenvalue weighted by molar-refractivity contribution is 6.07. The first-order chi connectivity index (χ1) is 14.1. The van der Waals surface area contributed by atoms with Crippen LogP contribution in [0, 0.1) is 13.8 Å². The second kappa shape index (κ2) is 8.19. The molecule has 0 saturated heterocycles. The molecule has 0 fully saturated rings. The first-order valence-electron chi connectivity index (χ1n) is 9.36. The molecule has 0 saturated carbocycles. The van der Waals surface area contributed by atoms with Crippen molar-refractivity contribution in [3.05, 3.63) is 88.8 Å². The number of nitrogens with zero attached hydrogens (tertiary/aromatic N) is 1. The average Bonchev–Trinajstić information content (AvgIpc) is 3.20. The van der Waals surface area contributed by atoms with Crippen molar-refractivity contribution in [1.29, 1.82) is 0 Å². The van der Waals surface area contributed by atoms with Crippen LogP contribution in [0.15, 0.2) is 60.8 Å². The predicted octanol–water partition coefficient (Wildman–Crippen LogP) is 4.90. The molecule has 5 heteroatoms. The number of aryl methyl sites for hydroxylation is 2. The maximum absolute atomic E-state index is 12.5. The molecule has 0 N–H and O–H groups in total. The molecule has 3 aromatic rings. The lowest BCUT2D eigenvalue weighted by Gasteiger charge is -2.13. The molecule has 0 atom stereocenters. The summed E-state index contributed by atoms with van der Waals surface area (Å²) < 4.78 is 16.6. The molecule has 5 nitrogen and oxygen atoms in total. The summed E-state index contributed by atoms with van der Waals surface area (Å²) in [6.45, 7) is 4.60. The Labute approximate surface area is 169 Å². The number of pyridine rings is 1. The predicted molar refractivity (Wildman–Crippen MR) is 110 cm³/mol. The first kappa shape index (κ1) is 18.7. The van der Waals surface area contributed by atoms with Gasteiger partial charge in [0, 0.05) is 11.8 Å². The number of ketones is 1. The number of allylic oxidation sites excluding steroid dienone is 1. The Balaban J connectivity index is 1.47. The summed E-state index contributed by atoms with van der Waals surface area (Å²) in [5, 5.41) is 0. The second-order valence-corrected chi connectivity index (χ2v) is 6.86. The van der Waals surface area contributed by atoms with E-state index in [0.717, 1.165) is 28.1 Å². The van der Waals surface area contributed by atoms with Crippen molar-refractivity contribution in [3.63, 3.8) is 0 Å². The van der Waals surface area contributed by atoms with E-state index in [1.165, 1.54) is 0 Å². The SMILES string of the molecule is Cc1cc(C=CC(=O)c2ccc3c(c2)OCO3)cc(C)c1OCc1ccccn1. The number of aromatic nitrogens is 1. The first-order valence-corrected chi connectivity index (χ1v) is 9.36. The minimum Gasteiger partial charge on any atom is -0.487 e. The lowest BCUT2D eigenvalue weighted by atomic mass is 10.0. The van der Waals surface area contributed by atoms with Gasteiger partial charge in [0.1, 0.15) is 12.4 Å². The molecule has 0 unspecified atom stereocenters. The van der Waals surface area contributed by atoms with Crippen LogP contribution in [0.4, 0.5) is 0 Å². The molecule has 0 amide bonds. The molecule has 0 radical (unpaired) electrons. The van der Waals surface area contributed by atoms with E-state index in [4.69, 9.17) is 14.2 Å². The van der Waals surface area contributed by atoms with E-state index in [2.05, 4.69) is 4.98 Å². The Bertz CT molecular complexity index is 1050. The summed E-state index contributed by atoms with van der Waals surface area (Å²) in [5.74, 6) is 2.02. The van der Waals surface area contributed by atoms with Crippen molar-refractivity contribution >= 4 is 11.9 Å². The molecule has 1 aliphatic heterocycles. The number of fused-ring (bicyclic) bond motifs is 1. The third-order valence-electron chi connectivity index (χ3n) is 4.66. The summed E-state index contributed by atoms with van der Waals surface area (Å²) in [7, 11) is 0. The number of hydrogen-bond acceptors (Lipinski definition) is 5. The van der Waals surface area contributed by atoms with Crippen LogP contribution in [0.2, 0.25) is 0 Å². The van der Waals surface area contributed by atoms with Gasteiger partial charge in [0.25, 0.3) is 0 Å². The number of carbonyl (C=O) groups excluding carboxylic acids is 1. The number of hydrogen-bond donors (Lipinski definition) is 0. The largest absolute Gasteiger partial charge is 0.487 e. The molecule has 1 aromatic heterocycles. The quantitative estimate of drug-likeness (QED) is 0.445. The van der Waals surface area contributed by atoms with Crippen LogP contribution in [0.25, 0.3) is 6.08 Å². The third-order valence-corrected chi connectivity index (χ3v) is 4.66. The van der Waals surface area contributed by atoms with Gasteiger partial charge in [-0.25, -0.2) is 0 Å². The van der Waals surface area contributed by atoms with Gasteiger partial charge in [0.15, 0.2) is 17.3 Å². The second-order valence-electron chi connectivity index (χ2n) is 6.86. The van der Waals surface area contributed by atoms with E-state index in [1.807, 2.05) is 50.3 Å². The fourth-order valence-corrected chi connectivity index (χ4v) is 3.26. The molecule has 0 spiro atoms. The normalized spacial score (nSPS) is 12.3. The maximum Gasteiger partial charge on any atom is 0.231 e. The zero-order valence-electron chi connectivity index (χ0n) is 16.3. The summed E-state index contributed by atoms with van der Waals surface area (Å²) in [4.78, 5) is 16.8. The van der Waals surface area contributed by atoms with Gasteiger partial charge in [-0.05, 0) is 79.1 Å². The summed E-state index contributed by atoms with van der Waals surface area (Å²) in [5.41, 5.74) is 4.41. The van der Waals surface area contributed by atoms with Crippen LogP contribution < -0.4 is 14.2 Å². The van der Waals surface area contributed by atoms with E-state index < -0.39 is 0 Å². The van der Waals surface area contributed by atoms with Gasteiger partial charge in [0.2, 0.25) is 6.79 Å². The minimum absolute atomic E-state index is 0.0888. The van der Waals surface area contributed by atoms with Gasteiger partial charge >= 0.3 is 0 Å². The minimum atomic E-state index is -0.0888. The van der Waals surface area contributed by atoms with Crippen LogP contribution >= 0.6 is 0 Å². The molecular weight excluding hydrogens is 366 g/mol. The van der Waals surface area contributed by atoms with Gasteiger partial charge < -0.3 is 14.2 Å². The Hall–Kier alpha value is -3.60. The lowest BCUT2D eigenvalue weighted by molar-refractivity contribution is 0.104. The number of benzene rings is 2. The van der Waals surface area contributed by atoms with Crippen LogP contribution in [-0.2, 0) is 6.61 Å². The molecule has 2 heterocycles. The Kier molecular flexibility index (Phi) is 5.29. The zero-order chi connectivity index (χ0) is 20.2. The van der Waals surface area contributed by atoms with Crippen molar-refractivity contribution in [2.24, 2.45) is 0 Å². The summed E-state index contributed by atoms with van der Waals surface area (Å²) >= 11 is 0. The van der Waals surface area contributed by atoms with Crippen molar-refractivity contribution < 1.29 is 19.0 Å². The zero-order valence-corrected chi connectivity index (χ0v) is 16.3. The molecule has 0 bridgehead atoms. The maximum atomic E-state index is 12.5. The number of ether oxygens (including phenoxy) is 3. The monoisotopic (exact) mass is 387 g/mol. The van der Waals surface area contributed by atoms with Crippen molar-refractivity contribution in [1.82, 2.24) is 4.98 Å². The van der Waals surface area contributed by atoms with Gasteiger partial charge in [-0.15, -0.1) is 0 Å². The van der Waals surface area contributed by atoms with Crippen molar-refractivity contribution in [2.45, 2.75) is 20.5 Å². The number of rotatable bonds is 6. The highest BCUT2D eigenvalue weighted by atomic mass is 16.7. The van der Waals surface area contributed by atoms with Crippen molar-refractivity contribution in [2.75, 3.05) is 6.79 Å². The highest BCUT2D eigenvalue weighted by Gasteiger charge is 2.15. The van der Waals surface area contributed by atoms with E-state index in [0.29, 0.717) is 23.7 Å². The number of carbonyl (C=O) groups is 1. The topological polar surface area (TPSA) is 57.7 Å². The summed E-state index contributed by atoms with van der Waals surface area (Å²) in [6, 6.07) is 15.0. The fraction of sp³-hybridized carbons (Fsp3) is 0.167. The van der Waals surface area contributed by atoms with Gasteiger partial charge in [-0.2, -0.15) is 0 Å². The molecule has 4 rings (SSSR count). The van der Waals surface area contributed by atoms with Crippen LogP contribution in [0.5, 0.6) is 17.2 Å².